The Morgan fingerprint density at radius 1 is 0.594 bits per heavy atom. The lowest BCUT2D eigenvalue weighted by Gasteiger charge is -2.14. The lowest BCUT2D eigenvalue weighted by molar-refractivity contribution is 0.519. The normalized spacial score (nSPS) is 10.7. The molecule has 0 aliphatic carbocycles. The third-order valence-corrected chi connectivity index (χ3v) is 6.10. The summed E-state index contributed by atoms with van der Waals surface area (Å²) in [5, 5.41) is 1.12. The van der Waals surface area contributed by atoms with Crippen LogP contribution in [-0.4, -0.2) is 10.1 Å². The first kappa shape index (κ1) is 26.5. The highest BCUT2D eigenvalue weighted by atomic mass is 32.1. The molecule has 0 heterocycles. The third kappa shape index (κ3) is 10.2. The number of benzene rings is 2. The van der Waals surface area contributed by atoms with E-state index in [-0.39, 0.29) is 0 Å². The van der Waals surface area contributed by atoms with E-state index in [1.165, 1.54) is 62.5 Å². The third-order valence-electron chi connectivity index (χ3n) is 5.53. The van der Waals surface area contributed by atoms with E-state index in [4.69, 9.17) is 33.9 Å². The van der Waals surface area contributed by atoms with E-state index in [0.29, 0.717) is 22.9 Å². The molecule has 2 nitrogen and oxygen atoms in total. The molecule has 0 saturated heterocycles. The van der Waals surface area contributed by atoms with Crippen LogP contribution in [0.1, 0.15) is 89.2 Å². The van der Waals surface area contributed by atoms with E-state index in [1.807, 2.05) is 24.3 Å². The zero-order valence-electron chi connectivity index (χ0n) is 19.7. The Bertz CT molecular complexity index is 762. The van der Waals surface area contributed by atoms with Crippen molar-refractivity contribution < 1.29 is 9.47 Å². The van der Waals surface area contributed by atoms with Gasteiger partial charge in [0.25, 0.3) is 0 Å². The number of hydrogen-bond donors (Lipinski definition) is 0. The van der Waals surface area contributed by atoms with Gasteiger partial charge in [0, 0.05) is 12.8 Å². The molecule has 0 aliphatic heterocycles. The monoisotopic (exact) mass is 470 g/mol. The van der Waals surface area contributed by atoms with Crippen LogP contribution in [0.25, 0.3) is 0 Å². The van der Waals surface area contributed by atoms with Crippen LogP contribution in [0.3, 0.4) is 0 Å². The molecule has 0 fully saturated rings. The van der Waals surface area contributed by atoms with Gasteiger partial charge in [-0.25, -0.2) is 0 Å². The number of unbranched alkanes of at least 4 members (excludes halogenated alkanes) is 6. The second-order valence-corrected chi connectivity index (χ2v) is 9.20. The van der Waals surface area contributed by atoms with E-state index >= 15 is 0 Å². The van der Waals surface area contributed by atoms with Crippen molar-refractivity contribution in [2.24, 2.45) is 0 Å². The standard InChI is InChI=1S/C28H38O2S2/c1-3-5-7-9-15-23-17-11-13-19-25(23)29-27(31)21-22-28(32)30-26-20-14-12-18-24(26)16-10-8-6-4-2/h11-14,17-20H,3-10,15-16,21-22H2,1-2H3. The SMILES string of the molecule is CCCCCCc1ccccc1OC(=S)CCC(=S)Oc1ccccc1CCCCCC. The summed E-state index contributed by atoms with van der Waals surface area (Å²) in [5.74, 6) is 1.75. The van der Waals surface area contributed by atoms with Crippen molar-refractivity contribution in [2.45, 2.75) is 90.9 Å². The van der Waals surface area contributed by atoms with Crippen molar-refractivity contribution in [1.29, 1.82) is 0 Å². The Balaban J connectivity index is 1.81. The van der Waals surface area contributed by atoms with Gasteiger partial charge in [0.05, 0.1) is 0 Å². The molecule has 0 saturated carbocycles. The molecule has 0 spiro atoms. The maximum atomic E-state index is 6.02. The number of aryl methyl sites for hydroxylation is 2. The maximum absolute atomic E-state index is 6.02. The summed E-state index contributed by atoms with van der Waals surface area (Å²) >= 11 is 11.0. The van der Waals surface area contributed by atoms with Gasteiger partial charge in [-0.3, -0.25) is 0 Å². The Morgan fingerprint density at radius 3 is 1.41 bits per heavy atom. The summed E-state index contributed by atoms with van der Waals surface area (Å²) in [6.07, 6.45) is 13.1. The van der Waals surface area contributed by atoms with E-state index in [0.717, 1.165) is 24.3 Å². The average Bonchev–Trinajstić information content (AvgIpc) is 2.80. The molecule has 2 aromatic carbocycles. The highest BCUT2D eigenvalue weighted by Gasteiger charge is 2.10. The molecule has 0 amide bonds. The molecule has 4 heteroatoms. The lowest BCUT2D eigenvalue weighted by Crippen LogP contribution is -2.12. The zero-order valence-corrected chi connectivity index (χ0v) is 21.4. The van der Waals surface area contributed by atoms with Gasteiger partial charge in [0.1, 0.15) is 11.5 Å². The molecule has 0 N–H and O–H groups in total. The van der Waals surface area contributed by atoms with Crippen LogP contribution < -0.4 is 9.47 Å². The molecule has 0 aliphatic rings. The van der Waals surface area contributed by atoms with Crippen LogP contribution >= 0.6 is 24.4 Å². The van der Waals surface area contributed by atoms with Crippen LogP contribution in [0.2, 0.25) is 0 Å². The number of para-hydroxylation sites is 2. The van der Waals surface area contributed by atoms with Crippen molar-refractivity contribution in [2.75, 3.05) is 0 Å². The Morgan fingerprint density at radius 2 is 1.00 bits per heavy atom. The Labute approximate surface area is 205 Å². The van der Waals surface area contributed by atoms with Crippen molar-refractivity contribution in [3.05, 3.63) is 59.7 Å². The molecule has 174 valence electrons. The Kier molecular flexibility index (Phi) is 13.2. The van der Waals surface area contributed by atoms with Crippen LogP contribution in [-0.2, 0) is 12.8 Å². The van der Waals surface area contributed by atoms with Crippen LogP contribution in [0.15, 0.2) is 48.5 Å². The fraction of sp³-hybridized carbons (Fsp3) is 0.500. The van der Waals surface area contributed by atoms with Gasteiger partial charge in [-0.2, -0.15) is 0 Å². The van der Waals surface area contributed by atoms with Gasteiger partial charge in [-0.05, 0) is 73.4 Å². The fourth-order valence-corrected chi connectivity index (χ4v) is 4.04. The summed E-state index contributed by atoms with van der Waals surface area (Å²) in [4.78, 5) is 0. The highest BCUT2D eigenvalue weighted by molar-refractivity contribution is 7.80. The quantitative estimate of drug-likeness (QED) is 0.191. The molecule has 0 unspecified atom stereocenters. The molecule has 32 heavy (non-hydrogen) atoms. The average molecular weight is 471 g/mol. The van der Waals surface area contributed by atoms with Crippen LogP contribution in [0, 0.1) is 0 Å². The lowest BCUT2D eigenvalue weighted by atomic mass is 10.1. The molecular weight excluding hydrogens is 432 g/mol. The van der Waals surface area contributed by atoms with E-state index in [2.05, 4.69) is 38.1 Å². The fourth-order valence-electron chi connectivity index (χ4n) is 3.66. The summed E-state index contributed by atoms with van der Waals surface area (Å²) < 4.78 is 12.0. The van der Waals surface area contributed by atoms with Gasteiger partial charge in [0.2, 0.25) is 0 Å². The number of ether oxygens (including phenoxy) is 2. The maximum Gasteiger partial charge on any atom is 0.167 e. The van der Waals surface area contributed by atoms with Gasteiger partial charge in [0.15, 0.2) is 10.1 Å². The van der Waals surface area contributed by atoms with Gasteiger partial charge >= 0.3 is 0 Å². The second kappa shape index (κ2) is 15.9. The van der Waals surface area contributed by atoms with Crippen molar-refractivity contribution >= 4 is 34.5 Å². The first-order valence-corrected chi connectivity index (χ1v) is 13.0. The molecule has 0 atom stereocenters. The van der Waals surface area contributed by atoms with Gasteiger partial charge in [-0.1, -0.05) is 88.8 Å². The molecule has 0 aromatic heterocycles. The first-order chi connectivity index (χ1) is 15.6. The molecular formula is C28H38O2S2. The topological polar surface area (TPSA) is 18.5 Å². The predicted octanol–water partition coefficient (Wildman–Crippen LogP) is 8.83. The number of thiocarbonyl (C=S) groups is 2. The molecule has 2 rings (SSSR count). The highest BCUT2D eigenvalue weighted by Crippen LogP contribution is 2.23. The Hall–Kier alpha value is -1.78. The van der Waals surface area contributed by atoms with Crippen molar-refractivity contribution in [1.82, 2.24) is 0 Å². The van der Waals surface area contributed by atoms with E-state index < -0.39 is 0 Å². The molecule has 2 aromatic rings. The van der Waals surface area contributed by atoms with Crippen LogP contribution in [0.4, 0.5) is 0 Å². The minimum atomic E-state index is 0.560. The summed E-state index contributed by atoms with van der Waals surface area (Å²) in [5.41, 5.74) is 2.45. The zero-order chi connectivity index (χ0) is 23.0. The van der Waals surface area contributed by atoms with Crippen molar-refractivity contribution in [3.63, 3.8) is 0 Å². The summed E-state index contributed by atoms with van der Waals surface area (Å²) in [7, 11) is 0. The molecule has 0 bridgehead atoms. The van der Waals surface area contributed by atoms with Gasteiger partial charge in [-0.15, -0.1) is 0 Å². The van der Waals surface area contributed by atoms with Crippen molar-refractivity contribution in [3.8, 4) is 11.5 Å². The number of hydrogen-bond acceptors (Lipinski definition) is 4. The summed E-state index contributed by atoms with van der Waals surface area (Å²) in [6, 6.07) is 16.4. The predicted molar refractivity (Wildman–Crippen MR) is 144 cm³/mol. The molecule has 0 radical (unpaired) electrons. The second-order valence-electron chi connectivity index (χ2n) is 8.28. The minimum absolute atomic E-state index is 0.560. The smallest absolute Gasteiger partial charge is 0.167 e. The minimum Gasteiger partial charge on any atom is -0.450 e. The number of rotatable bonds is 15. The van der Waals surface area contributed by atoms with E-state index in [1.54, 1.807) is 0 Å². The largest absolute Gasteiger partial charge is 0.450 e. The van der Waals surface area contributed by atoms with E-state index in [9.17, 15) is 0 Å². The summed E-state index contributed by atoms with van der Waals surface area (Å²) in [6.45, 7) is 4.46. The van der Waals surface area contributed by atoms with Crippen LogP contribution in [0.5, 0.6) is 11.5 Å². The first-order valence-electron chi connectivity index (χ1n) is 12.2. The van der Waals surface area contributed by atoms with Gasteiger partial charge < -0.3 is 9.47 Å².